The van der Waals surface area contributed by atoms with Crippen molar-refractivity contribution < 1.29 is 4.74 Å². The first-order valence-electron chi connectivity index (χ1n) is 9.04. The molecule has 0 N–H and O–H groups in total. The first-order valence-corrected chi connectivity index (χ1v) is 9.04. The summed E-state index contributed by atoms with van der Waals surface area (Å²) in [6.45, 7) is 6.68. The number of fused-ring (bicyclic) bond motifs is 3. The number of hydrogen-bond acceptors (Lipinski definition) is 5. The fraction of sp³-hybridized carbons (Fsp3) is 0.556. The van der Waals surface area contributed by atoms with Crippen molar-refractivity contribution in [1.29, 1.82) is 0 Å². The van der Waals surface area contributed by atoms with Gasteiger partial charge in [0, 0.05) is 32.7 Å². The SMILES string of the molecule is CN1CCN(CCCCn2nc3n(c2=O)-c2ccccc2OC3)CC1. The summed E-state index contributed by atoms with van der Waals surface area (Å²) in [5.41, 5.74) is 0.725. The van der Waals surface area contributed by atoms with Crippen molar-refractivity contribution in [2.45, 2.75) is 26.0 Å². The van der Waals surface area contributed by atoms with Gasteiger partial charge in [-0.1, -0.05) is 12.1 Å². The van der Waals surface area contributed by atoms with Gasteiger partial charge < -0.3 is 14.5 Å². The summed E-state index contributed by atoms with van der Waals surface area (Å²) in [6.07, 6.45) is 2.05. The van der Waals surface area contributed by atoms with Crippen LogP contribution in [0.5, 0.6) is 5.75 Å². The molecule has 0 saturated carbocycles. The van der Waals surface area contributed by atoms with Crippen LogP contribution in [0.25, 0.3) is 5.69 Å². The molecule has 2 aliphatic heterocycles. The molecule has 0 amide bonds. The normalized spacial score (nSPS) is 17.8. The van der Waals surface area contributed by atoms with Crippen LogP contribution in [0.1, 0.15) is 18.7 Å². The molecule has 7 heteroatoms. The van der Waals surface area contributed by atoms with E-state index in [0.717, 1.165) is 57.0 Å². The van der Waals surface area contributed by atoms with Gasteiger partial charge >= 0.3 is 5.69 Å². The summed E-state index contributed by atoms with van der Waals surface area (Å²) in [4.78, 5) is 17.6. The van der Waals surface area contributed by atoms with Crippen LogP contribution in [0.2, 0.25) is 0 Å². The van der Waals surface area contributed by atoms with E-state index in [0.29, 0.717) is 19.0 Å². The number of nitrogens with zero attached hydrogens (tertiary/aromatic N) is 5. The molecule has 0 atom stereocenters. The van der Waals surface area contributed by atoms with Crippen LogP contribution in [0.3, 0.4) is 0 Å². The number of hydrogen-bond donors (Lipinski definition) is 0. The van der Waals surface area contributed by atoms with Gasteiger partial charge in [-0.2, -0.15) is 5.10 Å². The smallest absolute Gasteiger partial charge is 0.350 e. The van der Waals surface area contributed by atoms with Crippen molar-refractivity contribution in [2.24, 2.45) is 0 Å². The van der Waals surface area contributed by atoms with Crippen molar-refractivity contribution in [1.82, 2.24) is 24.1 Å². The second kappa shape index (κ2) is 7.01. The summed E-state index contributed by atoms with van der Waals surface area (Å²) in [5.74, 6) is 1.43. The lowest BCUT2D eigenvalue weighted by molar-refractivity contribution is 0.151. The molecule has 4 rings (SSSR count). The molecule has 1 aromatic carbocycles. The third kappa shape index (κ3) is 3.34. The van der Waals surface area contributed by atoms with E-state index in [9.17, 15) is 4.79 Å². The highest BCUT2D eigenvalue weighted by atomic mass is 16.5. The summed E-state index contributed by atoms with van der Waals surface area (Å²) >= 11 is 0. The lowest BCUT2D eigenvalue weighted by Gasteiger charge is -2.32. The minimum atomic E-state index is -0.0645. The maximum absolute atomic E-state index is 12.7. The third-order valence-electron chi connectivity index (χ3n) is 5.06. The van der Waals surface area contributed by atoms with E-state index in [-0.39, 0.29) is 5.69 Å². The van der Waals surface area contributed by atoms with Crippen LogP contribution in [-0.4, -0.2) is 63.9 Å². The number of para-hydroxylation sites is 2. The zero-order chi connectivity index (χ0) is 17.2. The number of unbranched alkanes of at least 4 members (excludes halogenated alkanes) is 1. The molecule has 2 aromatic rings. The zero-order valence-electron chi connectivity index (χ0n) is 14.7. The first kappa shape index (κ1) is 16.4. The van der Waals surface area contributed by atoms with Crippen LogP contribution in [0, 0.1) is 0 Å². The quantitative estimate of drug-likeness (QED) is 0.757. The summed E-state index contributed by atoms with van der Waals surface area (Å²) in [6, 6.07) is 7.62. The number of ether oxygens (including phenoxy) is 1. The summed E-state index contributed by atoms with van der Waals surface area (Å²) < 4.78 is 8.95. The van der Waals surface area contributed by atoms with Crippen LogP contribution in [-0.2, 0) is 13.2 Å². The Morgan fingerprint density at radius 1 is 1.08 bits per heavy atom. The Bertz CT molecular complexity index is 789. The summed E-state index contributed by atoms with van der Waals surface area (Å²) in [7, 11) is 2.17. The topological polar surface area (TPSA) is 55.5 Å². The maximum Gasteiger partial charge on any atom is 0.350 e. The molecule has 0 bridgehead atoms. The fourth-order valence-electron chi connectivity index (χ4n) is 3.51. The van der Waals surface area contributed by atoms with E-state index in [2.05, 4.69) is 21.9 Å². The molecule has 134 valence electrons. The van der Waals surface area contributed by atoms with Crippen LogP contribution < -0.4 is 10.4 Å². The number of piperazine rings is 1. The lowest BCUT2D eigenvalue weighted by atomic mass is 10.2. The van der Waals surface area contributed by atoms with Gasteiger partial charge in [-0.3, -0.25) is 0 Å². The van der Waals surface area contributed by atoms with Crippen LogP contribution in [0.15, 0.2) is 29.1 Å². The molecular formula is C18H25N5O2. The zero-order valence-corrected chi connectivity index (χ0v) is 14.7. The Morgan fingerprint density at radius 2 is 1.84 bits per heavy atom. The van der Waals surface area contributed by atoms with Gasteiger partial charge in [0.2, 0.25) is 0 Å². The largest absolute Gasteiger partial charge is 0.483 e. The van der Waals surface area contributed by atoms with Gasteiger partial charge in [0.05, 0.1) is 5.69 Å². The Balaban J connectivity index is 1.37. The monoisotopic (exact) mass is 343 g/mol. The molecule has 7 nitrogen and oxygen atoms in total. The van der Waals surface area contributed by atoms with Gasteiger partial charge in [0.15, 0.2) is 5.82 Å². The average molecular weight is 343 g/mol. The predicted molar refractivity (Wildman–Crippen MR) is 95.3 cm³/mol. The standard InChI is InChI=1S/C18H25N5O2/c1-20-10-12-21(13-11-20)8-4-5-9-22-18(24)23-15-6-2-3-7-16(15)25-14-17(23)19-22/h2-3,6-7H,4-5,8-14H2,1H3. The first-order chi connectivity index (χ1) is 12.2. The van der Waals surface area contributed by atoms with Gasteiger partial charge in [-0.25, -0.2) is 14.0 Å². The van der Waals surface area contributed by atoms with E-state index >= 15 is 0 Å². The number of aryl methyl sites for hydroxylation is 1. The minimum absolute atomic E-state index is 0.0645. The third-order valence-corrected chi connectivity index (χ3v) is 5.06. The van der Waals surface area contributed by atoms with Crippen LogP contribution >= 0.6 is 0 Å². The van der Waals surface area contributed by atoms with Crippen molar-refractivity contribution in [3.8, 4) is 11.4 Å². The minimum Gasteiger partial charge on any atom is -0.483 e. The van der Waals surface area contributed by atoms with E-state index in [4.69, 9.17) is 4.74 Å². The Morgan fingerprint density at radius 3 is 2.68 bits per heavy atom. The van der Waals surface area contributed by atoms with E-state index in [1.165, 1.54) is 0 Å². The van der Waals surface area contributed by atoms with Crippen molar-refractivity contribution in [3.05, 3.63) is 40.6 Å². The second-order valence-electron chi connectivity index (χ2n) is 6.87. The molecule has 0 aliphatic carbocycles. The Labute approximate surface area is 147 Å². The molecular weight excluding hydrogens is 318 g/mol. The van der Waals surface area contributed by atoms with Crippen LogP contribution in [0.4, 0.5) is 0 Å². The van der Waals surface area contributed by atoms with Gasteiger partial charge in [0.25, 0.3) is 0 Å². The predicted octanol–water partition coefficient (Wildman–Crippen LogP) is 0.954. The van der Waals surface area contributed by atoms with Crippen molar-refractivity contribution >= 4 is 0 Å². The highest BCUT2D eigenvalue weighted by Crippen LogP contribution is 2.26. The fourth-order valence-corrected chi connectivity index (χ4v) is 3.51. The number of likely N-dealkylation sites (N-methyl/N-ethyl adjacent to an activating group) is 1. The molecule has 3 heterocycles. The van der Waals surface area contributed by atoms with E-state index in [1.807, 2.05) is 24.3 Å². The maximum atomic E-state index is 12.7. The number of rotatable bonds is 5. The average Bonchev–Trinajstić information content (AvgIpc) is 2.97. The van der Waals surface area contributed by atoms with Gasteiger partial charge in [0.1, 0.15) is 12.4 Å². The molecule has 1 fully saturated rings. The summed E-state index contributed by atoms with van der Waals surface area (Å²) in [5, 5.41) is 4.47. The molecule has 1 aromatic heterocycles. The van der Waals surface area contributed by atoms with Crippen molar-refractivity contribution in [2.75, 3.05) is 39.8 Å². The van der Waals surface area contributed by atoms with Gasteiger partial charge in [-0.15, -0.1) is 0 Å². The van der Waals surface area contributed by atoms with Gasteiger partial charge in [-0.05, 0) is 38.6 Å². The second-order valence-corrected chi connectivity index (χ2v) is 6.87. The lowest BCUT2D eigenvalue weighted by Crippen LogP contribution is -2.44. The highest BCUT2D eigenvalue weighted by Gasteiger charge is 2.22. The number of benzene rings is 1. The highest BCUT2D eigenvalue weighted by molar-refractivity contribution is 5.48. The molecule has 1 saturated heterocycles. The van der Waals surface area contributed by atoms with E-state index < -0.39 is 0 Å². The number of aromatic nitrogens is 3. The Hall–Kier alpha value is -2.12. The molecule has 0 spiro atoms. The van der Waals surface area contributed by atoms with Crippen molar-refractivity contribution in [3.63, 3.8) is 0 Å². The Kier molecular flexibility index (Phi) is 4.59. The molecule has 0 unspecified atom stereocenters. The molecule has 2 aliphatic rings. The molecule has 0 radical (unpaired) electrons. The van der Waals surface area contributed by atoms with E-state index in [1.54, 1.807) is 9.25 Å². The molecule has 25 heavy (non-hydrogen) atoms.